The largest absolute Gasteiger partial charge is 0.468 e. The molecule has 0 amide bonds. The Balaban J connectivity index is 2.13. The Labute approximate surface area is 120 Å². The van der Waals surface area contributed by atoms with Gasteiger partial charge in [0.25, 0.3) is 0 Å². The number of nitrogens with one attached hydrogen (secondary N) is 1. The highest BCUT2D eigenvalue weighted by Crippen LogP contribution is 2.26. The van der Waals surface area contributed by atoms with Crippen molar-refractivity contribution >= 4 is 34.0 Å². The quantitative estimate of drug-likeness (QED) is 0.482. The van der Waals surface area contributed by atoms with Gasteiger partial charge >= 0.3 is 5.97 Å². The first-order chi connectivity index (χ1) is 9.26. The summed E-state index contributed by atoms with van der Waals surface area (Å²) in [5.41, 5.74) is 1.11. The van der Waals surface area contributed by atoms with Crippen LogP contribution in [-0.4, -0.2) is 34.8 Å². The molecule has 104 valence electrons. The predicted octanol–water partition coefficient (Wildman–Crippen LogP) is 2.16. The number of carbonyl (C=O) groups excluding carboxylic acids is 1. The van der Waals surface area contributed by atoms with E-state index in [1.807, 2.05) is 11.6 Å². The van der Waals surface area contributed by atoms with Crippen LogP contribution >= 0.6 is 23.1 Å². The topological polar surface area (TPSA) is 55.6 Å². The number of hydrogen-bond donors (Lipinski definition) is 1. The number of hydrogen-bond acceptors (Lipinski definition) is 6. The molecule has 0 aliphatic carbocycles. The minimum atomic E-state index is -0.228. The van der Waals surface area contributed by atoms with Gasteiger partial charge in [-0.2, -0.15) is 0 Å². The van der Waals surface area contributed by atoms with Crippen molar-refractivity contribution in [3.63, 3.8) is 0 Å². The SMILES string of the molecule is CCCNCc1c(SCC(=O)OC)nc2sccn12. The van der Waals surface area contributed by atoms with Crippen molar-refractivity contribution in [1.82, 2.24) is 14.7 Å². The van der Waals surface area contributed by atoms with Crippen LogP contribution in [0.2, 0.25) is 0 Å². The van der Waals surface area contributed by atoms with Crippen LogP contribution < -0.4 is 5.32 Å². The Hall–Kier alpha value is -1.05. The summed E-state index contributed by atoms with van der Waals surface area (Å²) in [5.74, 6) is 0.0658. The van der Waals surface area contributed by atoms with E-state index in [0.29, 0.717) is 5.75 Å². The third-order valence-corrected chi connectivity index (χ3v) is 4.33. The third-order valence-electron chi connectivity index (χ3n) is 2.60. The Morgan fingerprint density at radius 2 is 2.47 bits per heavy atom. The second-order valence-electron chi connectivity index (χ2n) is 3.96. The van der Waals surface area contributed by atoms with Crippen molar-refractivity contribution in [1.29, 1.82) is 0 Å². The van der Waals surface area contributed by atoms with Gasteiger partial charge in [-0.15, -0.1) is 11.3 Å². The third kappa shape index (κ3) is 3.49. The van der Waals surface area contributed by atoms with E-state index in [-0.39, 0.29) is 5.97 Å². The van der Waals surface area contributed by atoms with Gasteiger partial charge in [0, 0.05) is 18.1 Å². The van der Waals surface area contributed by atoms with Gasteiger partial charge in [0.15, 0.2) is 4.96 Å². The van der Waals surface area contributed by atoms with E-state index in [1.165, 1.54) is 18.9 Å². The summed E-state index contributed by atoms with van der Waals surface area (Å²) in [6.07, 6.45) is 3.11. The molecule has 0 unspecified atom stereocenters. The number of carbonyl (C=O) groups is 1. The maximum atomic E-state index is 11.2. The molecule has 0 bridgehead atoms. The Morgan fingerprint density at radius 1 is 1.63 bits per heavy atom. The minimum absolute atomic E-state index is 0.228. The number of rotatable bonds is 7. The normalized spacial score (nSPS) is 11.1. The molecule has 5 nitrogen and oxygen atoms in total. The lowest BCUT2D eigenvalue weighted by Gasteiger charge is -2.05. The van der Waals surface area contributed by atoms with Crippen LogP contribution in [0.25, 0.3) is 4.96 Å². The van der Waals surface area contributed by atoms with E-state index in [4.69, 9.17) is 0 Å². The molecule has 0 spiro atoms. The summed E-state index contributed by atoms with van der Waals surface area (Å²) >= 11 is 3.02. The maximum absolute atomic E-state index is 11.2. The number of aromatic nitrogens is 2. The van der Waals surface area contributed by atoms with Gasteiger partial charge in [-0.3, -0.25) is 9.20 Å². The average molecular weight is 299 g/mol. The van der Waals surface area contributed by atoms with Crippen molar-refractivity contribution in [3.8, 4) is 0 Å². The summed E-state index contributed by atoms with van der Waals surface area (Å²) in [4.78, 5) is 16.7. The fraction of sp³-hybridized carbons (Fsp3) is 0.500. The maximum Gasteiger partial charge on any atom is 0.316 e. The number of methoxy groups -OCH3 is 1. The first-order valence-corrected chi connectivity index (χ1v) is 7.97. The number of fused-ring (bicyclic) bond motifs is 1. The van der Waals surface area contributed by atoms with E-state index >= 15 is 0 Å². The van der Waals surface area contributed by atoms with Crippen LogP contribution in [0.1, 0.15) is 19.0 Å². The van der Waals surface area contributed by atoms with Crippen molar-refractivity contribution in [2.45, 2.75) is 24.9 Å². The summed E-state index contributed by atoms with van der Waals surface area (Å²) < 4.78 is 6.73. The van der Waals surface area contributed by atoms with E-state index in [2.05, 4.69) is 26.4 Å². The molecule has 2 aromatic heterocycles. The highest BCUT2D eigenvalue weighted by molar-refractivity contribution is 7.99. The van der Waals surface area contributed by atoms with E-state index in [9.17, 15) is 4.79 Å². The number of imidazole rings is 1. The molecule has 0 radical (unpaired) electrons. The van der Waals surface area contributed by atoms with Crippen LogP contribution in [0.4, 0.5) is 0 Å². The van der Waals surface area contributed by atoms with E-state index in [0.717, 1.165) is 35.2 Å². The Bertz CT molecular complexity index is 550. The predicted molar refractivity (Wildman–Crippen MR) is 77.8 cm³/mol. The number of nitrogens with zero attached hydrogens (tertiary/aromatic N) is 2. The van der Waals surface area contributed by atoms with Gasteiger partial charge in [-0.05, 0) is 13.0 Å². The molecule has 7 heteroatoms. The molecule has 0 aliphatic rings. The second-order valence-corrected chi connectivity index (χ2v) is 5.80. The number of ether oxygens (including phenoxy) is 1. The molecule has 2 aromatic rings. The lowest BCUT2D eigenvalue weighted by atomic mass is 10.4. The minimum Gasteiger partial charge on any atom is -0.468 e. The highest BCUT2D eigenvalue weighted by Gasteiger charge is 2.14. The monoisotopic (exact) mass is 299 g/mol. The van der Waals surface area contributed by atoms with Crippen LogP contribution in [0.15, 0.2) is 16.6 Å². The Morgan fingerprint density at radius 3 is 3.21 bits per heavy atom. The standard InChI is InChI=1S/C12H17N3O2S2/c1-3-4-13-7-9-11(19-8-10(16)17-2)14-12-15(9)5-6-18-12/h5-6,13H,3-4,7-8H2,1-2H3. The number of esters is 1. The molecule has 1 N–H and O–H groups in total. The van der Waals surface area contributed by atoms with E-state index < -0.39 is 0 Å². The summed E-state index contributed by atoms with van der Waals surface area (Å²) in [5, 5.41) is 6.29. The molecule has 0 saturated heterocycles. The Kier molecular flexibility index (Phi) is 5.24. The second kappa shape index (κ2) is 6.93. The van der Waals surface area contributed by atoms with Crippen molar-refractivity contribution in [3.05, 3.63) is 17.3 Å². The molecule has 2 rings (SSSR count). The molecular weight excluding hydrogens is 282 g/mol. The molecule has 0 aromatic carbocycles. The van der Waals surface area contributed by atoms with Crippen LogP contribution in [-0.2, 0) is 16.1 Å². The average Bonchev–Trinajstić information content (AvgIpc) is 2.98. The van der Waals surface area contributed by atoms with Gasteiger partial charge in [-0.1, -0.05) is 18.7 Å². The molecule has 0 fully saturated rings. The summed E-state index contributed by atoms with van der Waals surface area (Å²) in [6.45, 7) is 3.87. The zero-order valence-electron chi connectivity index (χ0n) is 11.0. The molecule has 0 aliphatic heterocycles. The first kappa shape index (κ1) is 14.4. The zero-order valence-corrected chi connectivity index (χ0v) is 12.6. The van der Waals surface area contributed by atoms with E-state index in [1.54, 1.807) is 11.3 Å². The van der Waals surface area contributed by atoms with Crippen LogP contribution in [0.5, 0.6) is 0 Å². The van der Waals surface area contributed by atoms with Crippen LogP contribution in [0, 0.1) is 0 Å². The lowest BCUT2D eigenvalue weighted by Crippen LogP contribution is -2.15. The van der Waals surface area contributed by atoms with Crippen molar-refractivity contribution < 1.29 is 9.53 Å². The van der Waals surface area contributed by atoms with Crippen molar-refractivity contribution in [2.75, 3.05) is 19.4 Å². The van der Waals surface area contributed by atoms with Gasteiger partial charge < -0.3 is 10.1 Å². The molecular formula is C12H17N3O2S2. The van der Waals surface area contributed by atoms with Gasteiger partial charge in [0.1, 0.15) is 5.03 Å². The molecule has 2 heterocycles. The van der Waals surface area contributed by atoms with Crippen LogP contribution in [0.3, 0.4) is 0 Å². The summed E-state index contributed by atoms with van der Waals surface area (Å²) in [7, 11) is 1.40. The number of thiazole rings is 1. The molecule has 0 atom stereocenters. The van der Waals surface area contributed by atoms with Gasteiger partial charge in [0.2, 0.25) is 0 Å². The zero-order chi connectivity index (χ0) is 13.7. The first-order valence-electron chi connectivity index (χ1n) is 6.11. The van der Waals surface area contributed by atoms with Gasteiger partial charge in [-0.25, -0.2) is 4.98 Å². The summed E-state index contributed by atoms with van der Waals surface area (Å²) in [6, 6.07) is 0. The van der Waals surface area contributed by atoms with Crippen molar-refractivity contribution in [2.24, 2.45) is 0 Å². The fourth-order valence-corrected chi connectivity index (χ4v) is 3.31. The molecule has 0 saturated carbocycles. The lowest BCUT2D eigenvalue weighted by molar-refractivity contribution is -0.137. The smallest absolute Gasteiger partial charge is 0.316 e. The number of thioether (sulfide) groups is 1. The molecule has 19 heavy (non-hydrogen) atoms. The van der Waals surface area contributed by atoms with Gasteiger partial charge in [0.05, 0.1) is 18.6 Å². The highest BCUT2D eigenvalue weighted by atomic mass is 32.2. The fourth-order valence-electron chi connectivity index (χ4n) is 1.66.